The quantitative estimate of drug-likeness (QED) is 0.814. The van der Waals surface area contributed by atoms with Gasteiger partial charge in [-0.2, -0.15) is 0 Å². The first-order valence-electron chi connectivity index (χ1n) is 4.93. The fraction of sp³-hybridized carbons (Fsp3) is 0.273. The van der Waals surface area contributed by atoms with E-state index in [2.05, 4.69) is 5.32 Å². The van der Waals surface area contributed by atoms with E-state index in [1.165, 1.54) is 19.1 Å². The topological polar surface area (TPSA) is 75.6 Å². The number of anilines is 1. The van der Waals surface area contributed by atoms with Crippen LogP contribution in [0.15, 0.2) is 12.1 Å². The maximum absolute atomic E-state index is 11.4. The molecule has 1 aromatic carbocycles. The summed E-state index contributed by atoms with van der Waals surface area (Å²) in [5, 5.41) is 12.2. The van der Waals surface area contributed by atoms with Gasteiger partial charge in [0.05, 0.1) is 17.3 Å². The molecule has 0 aliphatic carbocycles. The highest BCUT2D eigenvalue weighted by molar-refractivity contribution is 6.34. The Balaban J connectivity index is 3.09. The molecule has 17 heavy (non-hydrogen) atoms. The van der Waals surface area contributed by atoms with E-state index >= 15 is 0 Å². The highest BCUT2D eigenvalue weighted by Gasteiger charge is 2.16. The van der Waals surface area contributed by atoms with Crippen LogP contribution in [0, 0.1) is 0 Å². The first-order chi connectivity index (χ1) is 7.95. The summed E-state index contributed by atoms with van der Waals surface area (Å²) in [6.45, 7) is 3.16. The summed E-state index contributed by atoms with van der Waals surface area (Å²) in [7, 11) is 0. The molecular weight excluding hydrogens is 246 g/mol. The Bertz CT molecular complexity index is 459. The number of carbonyl (C=O) groups excluding carboxylic acids is 2. The predicted octanol–water partition coefficient (Wildman–Crippen LogP) is 2.18. The summed E-state index contributed by atoms with van der Waals surface area (Å²) in [5.74, 6) is -1.28. The van der Waals surface area contributed by atoms with Crippen LogP contribution in [0.5, 0.6) is 5.75 Å². The van der Waals surface area contributed by atoms with Gasteiger partial charge in [-0.25, -0.2) is 4.79 Å². The summed E-state index contributed by atoms with van der Waals surface area (Å²) in [6, 6.07) is 2.45. The highest BCUT2D eigenvalue weighted by Crippen LogP contribution is 2.30. The maximum Gasteiger partial charge on any atom is 0.341 e. The van der Waals surface area contributed by atoms with Gasteiger partial charge >= 0.3 is 5.97 Å². The average molecular weight is 258 g/mol. The second-order valence-corrected chi connectivity index (χ2v) is 3.66. The smallest absolute Gasteiger partial charge is 0.341 e. The molecule has 0 bridgehead atoms. The number of nitrogens with one attached hydrogen (secondary N) is 1. The van der Waals surface area contributed by atoms with E-state index in [-0.39, 0.29) is 34.5 Å². The first-order valence-corrected chi connectivity index (χ1v) is 5.30. The van der Waals surface area contributed by atoms with Crippen LogP contribution < -0.4 is 5.32 Å². The number of amides is 1. The van der Waals surface area contributed by atoms with Crippen molar-refractivity contribution in [2.24, 2.45) is 0 Å². The Morgan fingerprint density at radius 3 is 2.65 bits per heavy atom. The number of hydrogen-bond acceptors (Lipinski definition) is 4. The highest BCUT2D eigenvalue weighted by atomic mass is 35.5. The number of esters is 1. The average Bonchev–Trinajstić information content (AvgIpc) is 2.22. The molecule has 0 aliphatic heterocycles. The Kier molecular flexibility index (Phi) is 4.34. The number of carbonyl (C=O) groups is 2. The summed E-state index contributed by atoms with van der Waals surface area (Å²) >= 11 is 5.86. The fourth-order valence-electron chi connectivity index (χ4n) is 1.22. The lowest BCUT2D eigenvalue weighted by Crippen LogP contribution is -2.08. The van der Waals surface area contributed by atoms with E-state index in [0.29, 0.717) is 0 Å². The number of rotatable bonds is 3. The van der Waals surface area contributed by atoms with E-state index < -0.39 is 5.97 Å². The third kappa shape index (κ3) is 3.35. The van der Waals surface area contributed by atoms with Crippen molar-refractivity contribution in [3.8, 4) is 5.75 Å². The molecule has 0 aromatic heterocycles. The lowest BCUT2D eigenvalue weighted by atomic mass is 10.2. The zero-order valence-corrected chi connectivity index (χ0v) is 10.2. The van der Waals surface area contributed by atoms with Crippen molar-refractivity contribution in [3.63, 3.8) is 0 Å². The Morgan fingerprint density at radius 1 is 1.47 bits per heavy atom. The van der Waals surface area contributed by atoms with Crippen LogP contribution in [0.25, 0.3) is 0 Å². The molecule has 0 fully saturated rings. The van der Waals surface area contributed by atoms with Crippen molar-refractivity contribution in [2.75, 3.05) is 11.9 Å². The molecule has 0 unspecified atom stereocenters. The summed E-state index contributed by atoms with van der Waals surface area (Å²) in [5.41, 5.74) is 0.204. The van der Waals surface area contributed by atoms with Gasteiger partial charge in [0.2, 0.25) is 5.91 Å². The van der Waals surface area contributed by atoms with Crippen LogP contribution in [0.4, 0.5) is 5.69 Å². The van der Waals surface area contributed by atoms with Gasteiger partial charge in [-0.05, 0) is 13.0 Å². The molecule has 5 nitrogen and oxygen atoms in total. The van der Waals surface area contributed by atoms with Gasteiger partial charge in [0.25, 0.3) is 0 Å². The third-order valence-corrected chi connectivity index (χ3v) is 2.20. The van der Waals surface area contributed by atoms with Crippen LogP contribution in [0.3, 0.4) is 0 Å². The third-order valence-electron chi connectivity index (χ3n) is 1.89. The summed E-state index contributed by atoms with van der Waals surface area (Å²) in [4.78, 5) is 22.3. The van der Waals surface area contributed by atoms with E-state index in [4.69, 9.17) is 16.3 Å². The van der Waals surface area contributed by atoms with Gasteiger partial charge in [-0.3, -0.25) is 4.79 Å². The van der Waals surface area contributed by atoms with Crippen LogP contribution >= 0.6 is 11.6 Å². The van der Waals surface area contributed by atoms with Crippen molar-refractivity contribution in [2.45, 2.75) is 13.8 Å². The minimum Gasteiger partial charge on any atom is -0.507 e. The van der Waals surface area contributed by atoms with E-state index in [0.717, 1.165) is 0 Å². The maximum atomic E-state index is 11.4. The van der Waals surface area contributed by atoms with Gasteiger partial charge in [0.1, 0.15) is 11.3 Å². The van der Waals surface area contributed by atoms with Crippen LogP contribution in [0.2, 0.25) is 5.02 Å². The molecule has 92 valence electrons. The van der Waals surface area contributed by atoms with Crippen molar-refractivity contribution in [1.29, 1.82) is 0 Å². The monoisotopic (exact) mass is 257 g/mol. The molecule has 0 radical (unpaired) electrons. The second kappa shape index (κ2) is 5.54. The molecule has 0 saturated carbocycles. The van der Waals surface area contributed by atoms with Crippen molar-refractivity contribution in [1.82, 2.24) is 0 Å². The number of hydrogen-bond donors (Lipinski definition) is 2. The molecule has 0 heterocycles. The normalized spacial score (nSPS) is 9.82. The van der Waals surface area contributed by atoms with E-state index in [9.17, 15) is 14.7 Å². The largest absolute Gasteiger partial charge is 0.507 e. The molecule has 1 aromatic rings. The number of benzene rings is 1. The number of aromatic hydroxyl groups is 1. The minimum atomic E-state index is -0.665. The molecule has 0 spiro atoms. The van der Waals surface area contributed by atoms with E-state index in [1.807, 2.05) is 0 Å². The van der Waals surface area contributed by atoms with Crippen molar-refractivity contribution >= 4 is 29.2 Å². The lowest BCUT2D eigenvalue weighted by Gasteiger charge is -2.09. The molecule has 2 N–H and O–H groups in total. The standard InChI is InChI=1S/C11H12ClNO4/c1-3-17-11(16)7-4-8(12)9(5-10(7)15)13-6(2)14/h4-5,15H,3H2,1-2H3,(H,13,14). The lowest BCUT2D eigenvalue weighted by molar-refractivity contribution is -0.114. The molecule has 1 rings (SSSR count). The van der Waals surface area contributed by atoms with Crippen LogP contribution in [-0.4, -0.2) is 23.6 Å². The summed E-state index contributed by atoms with van der Waals surface area (Å²) in [6.07, 6.45) is 0. The zero-order valence-electron chi connectivity index (χ0n) is 9.41. The van der Waals surface area contributed by atoms with Gasteiger partial charge in [-0.1, -0.05) is 11.6 Å². The molecule has 1 amide bonds. The van der Waals surface area contributed by atoms with Gasteiger partial charge in [0.15, 0.2) is 0 Å². The Labute approximate surface area is 103 Å². The number of halogens is 1. The Morgan fingerprint density at radius 2 is 2.12 bits per heavy atom. The Hall–Kier alpha value is -1.75. The minimum absolute atomic E-state index is 0.0362. The number of phenols is 1. The number of ether oxygens (including phenoxy) is 1. The zero-order chi connectivity index (χ0) is 13.0. The van der Waals surface area contributed by atoms with Gasteiger partial charge < -0.3 is 15.2 Å². The second-order valence-electron chi connectivity index (χ2n) is 3.25. The molecule has 0 saturated heterocycles. The van der Waals surface area contributed by atoms with Gasteiger partial charge in [-0.15, -0.1) is 0 Å². The fourth-order valence-corrected chi connectivity index (χ4v) is 1.43. The predicted molar refractivity (Wildman–Crippen MR) is 63.4 cm³/mol. The molecular formula is C11H12ClNO4. The summed E-state index contributed by atoms with van der Waals surface area (Å²) < 4.78 is 4.74. The molecule has 6 heteroatoms. The molecule has 0 atom stereocenters. The SMILES string of the molecule is CCOC(=O)c1cc(Cl)c(NC(C)=O)cc1O. The van der Waals surface area contributed by atoms with Crippen molar-refractivity contribution in [3.05, 3.63) is 22.7 Å². The van der Waals surface area contributed by atoms with E-state index in [1.54, 1.807) is 6.92 Å². The van der Waals surface area contributed by atoms with Crippen molar-refractivity contribution < 1.29 is 19.4 Å². The number of phenolic OH excluding ortho intramolecular Hbond substituents is 1. The molecule has 0 aliphatic rings. The van der Waals surface area contributed by atoms with Crippen LogP contribution in [-0.2, 0) is 9.53 Å². The first kappa shape index (κ1) is 13.3. The van der Waals surface area contributed by atoms with Crippen LogP contribution in [0.1, 0.15) is 24.2 Å². The van der Waals surface area contributed by atoms with Gasteiger partial charge in [0, 0.05) is 13.0 Å².